The van der Waals surface area contributed by atoms with Gasteiger partial charge in [0.25, 0.3) is 0 Å². The summed E-state index contributed by atoms with van der Waals surface area (Å²) in [6.07, 6.45) is 0. The molecule has 0 heterocycles. The smallest absolute Gasteiger partial charge is 0.329 e. The van der Waals surface area contributed by atoms with Crippen LogP contribution >= 0.6 is 0 Å². The van der Waals surface area contributed by atoms with Crippen LogP contribution in [0.1, 0.15) is 13.8 Å². The first-order valence-corrected chi connectivity index (χ1v) is 5.26. The van der Waals surface area contributed by atoms with Crippen LogP contribution in [0.3, 0.4) is 0 Å². The number of carbonyl (C=O) groups is 1. The molecule has 90 valence electrons. The molecule has 0 aliphatic rings. The Morgan fingerprint density at radius 1 is 1.19 bits per heavy atom. The maximum absolute atomic E-state index is 10.1. The molecule has 0 unspecified atom stereocenters. The van der Waals surface area contributed by atoms with E-state index < -0.39 is 5.97 Å². The van der Waals surface area contributed by atoms with Crippen molar-refractivity contribution in [2.24, 2.45) is 0 Å². The van der Waals surface area contributed by atoms with Gasteiger partial charge < -0.3 is 14.6 Å². The van der Waals surface area contributed by atoms with Crippen molar-refractivity contribution in [1.82, 2.24) is 0 Å². The van der Waals surface area contributed by atoms with Gasteiger partial charge in [-0.1, -0.05) is 32.0 Å². The molecular weight excluding hydrogens is 208 g/mol. The minimum atomic E-state index is -0.968. The Morgan fingerprint density at radius 3 is 2.38 bits per heavy atom. The summed E-state index contributed by atoms with van der Waals surface area (Å²) in [4.78, 5) is 10.1. The first-order valence-electron chi connectivity index (χ1n) is 5.26. The molecule has 0 saturated carbocycles. The van der Waals surface area contributed by atoms with Crippen LogP contribution in [0.5, 0.6) is 5.75 Å². The van der Waals surface area contributed by atoms with Gasteiger partial charge in [0, 0.05) is 0 Å². The predicted molar refractivity (Wildman–Crippen MR) is 61.7 cm³/mol. The number of carboxylic acids is 1. The number of para-hydroxylation sites is 1. The van der Waals surface area contributed by atoms with Gasteiger partial charge >= 0.3 is 5.97 Å². The Balaban J connectivity index is 0.00000106. The lowest BCUT2D eigenvalue weighted by molar-refractivity contribution is -0.142. The summed E-state index contributed by atoms with van der Waals surface area (Å²) >= 11 is 0. The van der Waals surface area contributed by atoms with Gasteiger partial charge in [-0.15, -0.1) is 0 Å². The summed E-state index contributed by atoms with van der Waals surface area (Å²) in [6.45, 7) is 4.36. The summed E-state index contributed by atoms with van der Waals surface area (Å²) in [7, 11) is 0. The number of hydrogen-bond donors (Lipinski definition) is 1. The lowest BCUT2D eigenvalue weighted by atomic mass is 10.3. The topological polar surface area (TPSA) is 55.8 Å². The molecule has 0 aliphatic carbocycles. The minimum absolute atomic E-state index is 0.279. The standard InChI is InChI=1S/C10H12O4.C2H6/c11-10(12)8-13-6-7-14-9-4-2-1-3-5-9;1-2/h1-5H,6-8H2,(H,11,12);1-2H3. The predicted octanol–water partition coefficient (Wildman–Crippen LogP) is 2.19. The van der Waals surface area contributed by atoms with Crippen LogP contribution in [0.2, 0.25) is 0 Å². The van der Waals surface area contributed by atoms with E-state index in [4.69, 9.17) is 14.6 Å². The highest BCUT2D eigenvalue weighted by molar-refractivity contribution is 5.67. The molecule has 0 atom stereocenters. The van der Waals surface area contributed by atoms with Crippen LogP contribution < -0.4 is 4.74 Å². The normalized spacial score (nSPS) is 8.88. The summed E-state index contributed by atoms with van der Waals surface area (Å²) < 4.78 is 10.1. The van der Waals surface area contributed by atoms with Crippen LogP contribution in [0.25, 0.3) is 0 Å². The number of aliphatic carboxylic acids is 1. The molecule has 0 spiro atoms. The van der Waals surface area contributed by atoms with Crippen molar-refractivity contribution in [1.29, 1.82) is 0 Å². The van der Waals surface area contributed by atoms with Crippen molar-refractivity contribution < 1.29 is 19.4 Å². The van der Waals surface area contributed by atoms with Crippen molar-refractivity contribution in [3.05, 3.63) is 30.3 Å². The van der Waals surface area contributed by atoms with E-state index in [0.717, 1.165) is 5.75 Å². The monoisotopic (exact) mass is 226 g/mol. The third-order valence-corrected chi connectivity index (χ3v) is 1.47. The lowest BCUT2D eigenvalue weighted by Crippen LogP contribution is -2.12. The van der Waals surface area contributed by atoms with E-state index in [9.17, 15) is 4.79 Å². The number of rotatable bonds is 6. The zero-order valence-corrected chi connectivity index (χ0v) is 9.68. The Kier molecular flexibility index (Phi) is 9.02. The highest BCUT2D eigenvalue weighted by Gasteiger charge is 1.96. The molecule has 4 nitrogen and oxygen atoms in total. The van der Waals surface area contributed by atoms with E-state index in [1.807, 2.05) is 44.2 Å². The number of carboxylic acid groups (broad SMARTS) is 1. The van der Waals surface area contributed by atoms with Crippen molar-refractivity contribution in [2.75, 3.05) is 19.8 Å². The highest BCUT2D eigenvalue weighted by Crippen LogP contribution is 2.07. The first kappa shape index (κ1) is 14.5. The van der Waals surface area contributed by atoms with E-state index >= 15 is 0 Å². The molecule has 4 heteroatoms. The van der Waals surface area contributed by atoms with Crippen LogP contribution in [-0.4, -0.2) is 30.9 Å². The molecule has 0 amide bonds. The largest absolute Gasteiger partial charge is 0.491 e. The fraction of sp³-hybridized carbons (Fsp3) is 0.417. The van der Waals surface area contributed by atoms with E-state index in [0.29, 0.717) is 6.61 Å². The maximum Gasteiger partial charge on any atom is 0.329 e. The van der Waals surface area contributed by atoms with Gasteiger partial charge in [-0.2, -0.15) is 0 Å². The van der Waals surface area contributed by atoms with Gasteiger partial charge in [0.15, 0.2) is 0 Å². The maximum atomic E-state index is 10.1. The van der Waals surface area contributed by atoms with Crippen LogP contribution in [0, 0.1) is 0 Å². The van der Waals surface area contributed by atoms with Gasteiger partial charge in [-0.3, -0.25) is 0 Å². The molecule has 0 fully saturated rings. The summed E-state index contributed by atoms with van der Waals surface area (Å²) in [6, 6.07) is 9.29. The van der Waals surface area contributed by atoms with Gasteiger partial charge in [-0.25, -0.2) is 4.79 Å². The van der Waals surface area contributed by atoms with E-state index in [-0.39, 0.29) is 13.2 Å². The lowest BCUT2D eigenvalue weighted by Gasteiger charge is -2.05. The molecule has 0 aromatic heterocycles. The van der Waals surface area contributed by atoms with Gasteiger partial charge in [0.1, 0.15) is 19.0 Å². The molecule has 1 rings (SSSR count). The average Bonchev–Trinajstić information content (AvgIpc) is 2.32. The molecule has 0 bridgehead atoms. The highest BCUT2D eigenvalue weighted by atomic mass is 16.5. The van der Waals surface area contributed by atoms with Gasteiger partial charge in [0.2, 0.25) is 0 Å². The van der Waals surface area contributed by atoms with E-state index in [2.05, 4.69) is 0 Å². The van der Waals surface area contributed by atoms with Crippen molar-refractivity contribution in [2.45, 2.75) is 13.8 Å². The van der Waals surface area contributed by atoms with Crippen LogP contribution in [0.15, 0.2) is 30.3 Å². The van der Waals surface area contributed by atoms with Gasteiger partial charge in [-0.05, 0) is 12.1 Å². The molecular formula is C12H18O4. The zero-order valence-electron chi connectivity index (χ0n) is 9.68. The molecule has 1 N–H and O–H groups in total. The number of hydrogen-bond acceptors (Lipinski definition) is 3. The second-order valence-corrected chi connectivity index (χ2v) is 2.61. The molecule has 1 aromatic carbocycles. The van der Waals surface area contributed by atoms with Crippen molar-refractivity contribution >= 4 is 5.97 Å². The number of benzene rings is 1. The third kappa shape index (κ3) is 7.82. The van der Waals surface area contributed by atoms with Crippen LogP contribution in [-0.2, 0) is 9.53 Å². The second kappa shape index (κ2) is 9.98. The second-order valence-electron chi connectivity index (χ2n) is 2.61. The minimum Gasteiger partial charge on any atom is -0.491 e. The zero-order chi connectivity index (χ0) is 12.2. The van der Waals surface area contributed by atoms with E-state index in [1.165, 1.54) is 0 Å². The third-order valence-electron chi connectivity index (χ3n) is 1.47. The Bertz CT molecular complexity index is 272. The molecule has 1 aromatic rings. The first-order chi connectivity index (χ1) is 7.79. The quantitative estimate of drug-likeness (QED) is 0.755. The van der Waals surface area contributed by atoms with E-state index in [1.54, 1.807) is 0 Å². The SMILES string of the molecule is CC.O=C(O)COCCOc1ccccc1. The molecule has 0 saturated heterocycles. The molecule has 0 aliphatic heterocycles. The fourth-order valence-electron chi connectivity index (χ4n) is 0.895. The summed E-state index contributed by atoms with van der Waals surface area (Å²) in [5, 5.41) is 8.26. The number of ether oxygens (including phenoxy) is 2. The Morgan fingerprint density at radius 2 is 1.81 bits per heavy atom. The Labute approximate surface area is 95.8 Å². The Hall–Kier alpha value is -1.55. The summed E-state index contributed by atoms with van der Waals surface area (Å²) in [5.74, 6) is -0.212. The fourth-order valence-corrected chi connectivity index (χ4v) is 0.895. The van der Waals surface area contributed by atoms with Crippen molar-refractivity contribution in [3.8, 4) is 5.75 Å². The molecule has 16 heavy (non-hydrogen) atoms. The molecule has 0 radical (unpaired) electrons. The average molecular weight is 226 g/mol. The van der Waals surface area contributed by atoms with Gasteiger partial charge in [0.05, 0.1) is 6.61 Å². The summed E-state index contributed by atoms with van der Waals surface area (Å²) in [5.41, 5.74) is 0. The van der Waals surface area contributed by atoms with Crippen LogP contribution in [0.4, 0.5) is 0 Å². The van der Waals surface area contributed by atoms with Crippen molar-refractivity contribution in [3.63, 3.8) is 0 Å².